The third kappa shape index (κ3) is 1.35. The molecule has 2 heterocycles. The fraction of sp³-hybridized carbons (Fsp3) is 0.385. The highest BCUT2D eigenvalue weighted by atomic mass is 79.9. The topological polar surface area (TPSA) is 27.8 Å². The zero-order valence-corrected chi connectivity index (χ0v) is 11.1. The second kappa shape index (κ2) is 3.34. The van der Waals surface area contributed by atoms with Crippen LogP contribution >= 0.6 is 15.9 Å². The van der Waals surface area contributed by atoms with Gasteiger partial charge in [0.2, 0.25) is 0 Å². The summed E-state index contributed by atoms with van der Waals surface area (Å²) in [6.07, 6.45) is 1.10. The zero-order chi connectivity index (χ0) is 11.3. The molecule has 84 valence electrons. The van der Waals surface area contributed by atoms with Gasteiger partial charge in [-0.3, -0.25) is 0 Å². The number of aromatic nitrogens is 1. The van der Waals surface area contributed by atoms with E-state index in [9.17, 15) is 0 Å². The number of benzene rings is 1. The van der Waals surface area contributed by atoms with Gasteiger partial charge in [0.05, 0.1) is 5.54 Å². The van der Waals surface area contributed by atoms with Gasteiger partial charge in [0.1, 0.15) is 0 Å². The molecule has 1 aliphatic rings. The lowest BCUT2D eigenvalue weighted by molar-refractivity contribution is 0.374. The zero-order valence-electron chi connectivity index (χ0n) is 9.52. The van der Waals surface area contributed by atoms with Crippen molar-refractivity contribution in [1.82, 2.24) is 10.3 Å². The average Bonchev–Trinajstić information content (AvgIpc) is 2.59. The quantitative estimate of drug-likeness (QED) is 0.760. The molecule has 0 aliphatic carbocycles. The highest BCUT2D eigenvalue weighted by Crippen LogP contribution is 2.36. The second-order valence-electron chi connectivity index (χ2n) is 4.94. The number of hydrogen-bond donors (Lipinski definition) is 2. The van der Waals surface area contributed by atoms with Crippen LogP contribution in [0.4, 0.5) is 0 Å². The highest BCUT2D eigenvalue weighted by molar-refractivity contribution is 9.10. The molecule has 0 saturated heterocycles. The summed E-state index contributed by atoms with van der Waals surface area (Å²) in [5, 5.41) is 4.90. The Morgan fingerprint density at radius 3 is 2.94 bits per heavy atom. The van der Waals surface area contributed by atoms with Crippen molar-refractivity contribution in [3.8, 4) is 0 Å². The minimum Gasteiger partial charge on any atom is -0.357 e. The predicted octanol–water partition coefficient (Wildman–Crippen LogP) is 3.31. The van der Waals surface area contributed by atoms with E-state index in [1.165, 1.54) is 26.6 Å². The molecule has 2 nitrogen and oxygen atoms in total. The van der Waals surface area contributed by atoms with E-state index in [0.29, 0.717) is 0 Å². The van der Waals surface area contributed by atoms with Crippen LogP contribution in [0.3, 0.4) is 0 Å². The van der Waals surface area contributed by atoms with E-state index >= 15 is 0 Å². The minimum atomic E-state index is 0.0477. The van der Waals surface area contributed by atoms with Crippen LogP contribution in [0.25, 0.3) is 10.9 Å². The summed E-state index contributed by atoms with van der Waals surface area (Å²) in [5.41, 5.74) is 4.08. The monoisotopic (exact) mass is 278 g/mol. The molecule has 0 saturated carbocycles. The lowest BCUT2D eigenvalue weighted by Gasteiger charge is -2.31. The average molecular weight is 279 g/mol. The van der Waals surface area contributed by atoms with Gasteiger partial charge in [0.15, 0.2) is 0 Å². The fourth-order valence-electron chi connectivity index (χ4n) is 2.64. The molecule has 3 heteroatoms. The van der Waals surface area contributed by atoms with Crippen LogP contribution in [0.5, 0.6) is 0 Å². The molecule has 2 aromatic rings. The summed E-state index contributed by atoms with van der Waals surface area (Å²) in [6, 6.07) is 6.34. The van der Waals surface area contributed by atoms with Crippen LogP contribution in [-0.2, 0) is 12.0 Å². The van der Waals surface area contributed by atoms with E-state index in [0.717, 1.165) is 13.0 Å². The smallest absolute Gasteiger partial charge is 0.0532 e. The van der Waals surface area contributed by atoms with Crippen molar-refractivity contribution in [1.29, 1.82) is 0 Å². The molecular formula is C13H15BrN2. The number of fused-ring (bicyclic) bond motifs is 3. The van der Waals surface area contributed by atoms with Crippen LogP contribution < -0.4 is 5.32 Å². The van der Waals surface area contributed by atoms with Crippen LogP contribution in [0.2, 0.25) is 0 Å². The summed E-state index contributed by atoms with van der Waals surface area (Å²) < 4.78 is 1.19. The molecule has 2 N–H and O–H groups in total. The van der Waals surface area contributed by atoms with E-state index in [2.05, 4.69) is 58.3 Å². The Labute approximate surface area is 104 Å². The summed E-state index contributed by atoms with van der Waals surface area (Å²) in [7, 11) is 0. The first-order valence-corrected chi connectivity index (χ1v) is 6.43. The summed E-state index contributed by atoms with van der Waals surface area (Å²) in [6.45, 7) is 5.51. The molecule has 1 aromatic carbocycles. The summed E-state index contributed by atoms with van der Waals surface area (Å²) >= 11 is 3.65. The molecule has 0 radical (unpaired) electrons. The Kier molecular flexibility index (Phi) is 2.17. The molecule has 0 bridgehead atoms. The van der Waals surface area contributed by atoms with E-state index in [-0.39, 0.29) is 5.54 Å². The predicted molar refractivity (Wildman–Crippen MR) is 70.7 cm³/mol. The highest BCUT2D eigenvalue weighted by Gasteiger charge is 2.30. The number of H-pyrrole nitrogens is 1. The van der Waals surface area contributed by atoms with Crippen LogP contribution in [-0.4, -0.2) is 11.5 Å². The van der Waals surface area contributed by atoms with Gasteiger partial charge in [-0.1, -0.05) is 22.0 Å². The number of hydrogen-bond acceptors (Lipinski definition) is 1. The van der Waals surface area contributed by atoms with E-state index in [4.69, 9.17) is 0 Å². The molecule has 3 rings (SSSR count). The Morgan fingerprint density at radius 1 is 1.31 bits per heavy atom. The molecule has 0 fully saturated rings. The molecule has 16 heavy (non-hydrogen) atoms. The standard InChI is InChI=1S/C13H15BrN2/c1-13(2)12-8(6-7-15-13)11-9(14)4-3-5-10(11)16-12/h3-5,15-16H,6-7H2,1-2H3. The lowest BCUT2D eigenvalue weighted by atomic mass is 9.90. The van der Waals surface area contributed by atoms with Gasteiger partial charge in [-0.15, -0.1) is 0 Å². The minimum absolute atomic E-state index is 0.0477. The van der Waals surface area contributed by atoms with Crippen molar-refractivity contribution in [2.75, 3.05) is 6.54 Å². The molecule has 0 unspecified atom stereocenters. The molecule has 0 spiro atoms. The fourth-order valence-corrected chi connectivity index (χ4v) is 3.25. The maximum absolute atomic E-state index is 3.65. The third-order valence-corrected chi connectivity index (χ3v) is 4.10. The van der Waals surface area contributed by atoms with Crippen molar-refractivity contribution < 1.29 is 0 Å². The first-order valence-electron chi connectivity index (χ1n) is 5.64. The normalized spacial score (nSPS) is 18.7. The maximum Gasteiger partial charge on any atom is 0.0532 e. The summed E-state index contributed by atoms with van der Waals surface area (Å²) in [5.74, 6) is 0. The number of nitrogens with one attached hydrogen (secondary N) is 2. The third-order valence-electron chi connectivity index (χ3n) is 3.44. The van der Waals surface area contributed by atoms with E-state index < -0.39 is 0 Å². The maximum atomic E-state index is 3.65. The van der Waals surface area contributed by atoms with Gasteiger partial charge < -0.3 is 10.3 Å². The molecule has 1 aromatic heterocycles. The van der Waals surface area contributed by atoms with Gasteiger partial charge in [-0.25, -0.2) is 0 Å². The van der Waals surface area contributed by atoms with Gasteiger partial charge in [-0.05, 0) is 38.0 Å². The van der Waals surface area contributed by atoms with Crippen molar-refractivity contribution >= 4 is 26.8 Å². The van der Waals surface area contributed by atoms with Crippen LogP contribution in [0.15, 0.2) is 22.7 Å². The van der Waals surface area contributed by atoms with Crippen molar-refractivity contribution in [2.45, 2.75) is 25.8 Å². The first-order chi connectivity index (χ1) is 7.59. The number of aromatic amines is 1. The Morgan fingerprint density at radius 2 is 2.12 bits per heavy atom. The van der Waals surface area contributed by atoms with Crippen LogP contribution in [0.1, 0.15) is 25.1 Å². The molecule has 0 atom stereocenters. The van der Waals surface area contributed by atoms with Crippen molar-refractivity contribution in [3.05, 3.63) is 33.9 Å². The molecule has 1 aliphatic heterocycles. The lowest BCUT2D eigenvalue weighted by Crippen LogP contribution is -2.42. The van der Waals surface area contributed by atoms with Gasteiger partial charge in [-0.2, -0.15) is 0 Å². The largest absolute Gasteiger partial charge is 0.357 e. The van der Waals surface area contributed by atoms with Gasteiger partial charge >= 0.3 is 0 Å². The summed E-state index contributed by atoms with van der Waals surface area (Å²) in [4.78, 5) is 3.55. The Hall–Kier alpha value is -0.800. The van der Waals surface area contributed by atoms with E-state index in [1.54, 1.807) is 0 Å². The second-order valence-corrected chi connectivity index (χ2v) is 5.80. The van der Waals surface area contributed by atoms with Gasteiger partial charge in [0, 0.05) is 27.6 Å². The van der Waals surface area contributed by atoms with Gasteiger partial charge in [0.25, 0.3) is 0 Å². The SMILES string of the molecule is CC1(C)NCCc2c1[nH]c1cccc(Br)c21. The van der Waals surface area contributed by atoms with Crippen molar-refractivity contribution in [2.24, 2.45) is 0 Å². The Bertz CT molecular complexity index is 554. The van der Waals surface area contributed by atoms with Crippen molar-refractivity contribution in [3.63, 3.8) is 0 Å². The molecular weight excluding hydrogens is 264 g/mol. The van der Waals surface area contributed by atoms with Crippen LogP contribution in [0, 0.1) is 0 Å². The first kappa shape index (κ1) is 10.4. The number of halogens is 1. The molecule has 0 amide bonds. The number of rotatable bonds is 0. The Balaban J connectivity index is 2.38. The van der Waals surface area contributed by atoms with E-state index in [1.807, 2.05) is 0 Å².